The average Bonchev–Trinajstić information content (AvgIpc) is 3.12. The second kappa shape index (κ2) is 6.87. The molecule has 1 N–H and O–H groups in total. The zero-order valence-corrected chi connectivity index (χ0v) is 13.4. The van der Waals surface area contributed by atoms with Crippen molar-refractivity contribution in [2.24, 2.45) is 0 Å². The van der Waals surface area contributed by atoms with Gasteiger partial charge in [0.05, 0.1) is 0 Å². The monoisotopic (exact) mass is 280 g/mol. The molecule has 0 aromatic carbocycles. The number of nitrogens with zero attached hydrogens (tertiary/aromatic N) is 1. The van der Waals surface area contributed by atoms with E-state index in [1.54, 1.807) is 0 Å². The maximum atomic E-state index is 3.62. The minimum Gasteiger partial charge on any atom is -0.315 e. The predicted molar refractivity (Wildman–Crippen MR) is 85.0 cm³/mol. The normalized spacial score (nSPS) is 18.9. The number of nitrogens with one attached hydrogen (secondary N) is 1. The number of rotatable bonds is 7. The Bertz CT molecular complexity index is 351. The standard InChI is InChI=1S/C16H28N2S/c1-4-16(5-2,18-10-6-7-11-18)15(17-3)13-14-9-8-12-19-14/h8-9,12,15,17H,4-7,10-11,13H2,1-3H3. The molecule has 2 heterocycles. The summed E-state index contributed by atoms with van der Waals surface area (Å²) in [5.74, 6) is 0. The summed E-state index contributed by atoms with van der Waals surface area (Å²) in [6, 6.07) is 5.00. The van der Waals surface area contributed by atoms with Crippen LogP contribution in [-0.2, 0) is 6.42 Å². The zero-order chi connectivity index (χ0) is 13.7. The summed E-state index contributed by atoms with van der Waals surface area (Å²) < 4.78 is 0. The smallest absolute Gasteiger partial charge is 0.0360 e. The van der Waals surface area contributed by atoms with Gasteiger partial charge in [-0.1, -0.05) is 19.9 Å². The number of hydrogen-bond donors (Lipinski definition) is 1. The predicted octanol–water partition coefficient (Wildman–Crippen LogP) is 3.53. The third kappa shape index (κ3) is 3.04. The molecule has 2 rings (SSSR count). The number of hydrogen-bond acceptors (Lipinski definition) is 3. The first-order chi connectivity index (χ1) is 9.26. The van der Waals surface area contributed by atoms with Gasteiger partial charge >= 0.3 is 0 Å². The number of likely N-dealkylation sites (tertiary alicyclic amines) is 1. The molecule has 1 aromatic rings. The van der Waals surface area contributed by atoms with Crippen LogP contribution in [0.25, 0.3) is 0 Å². The molecule has 19 heavy (non-hydrogen) atoms. The fourth-order valence-corrected chi connectivity index (χ4v) is 4.52. The molecule has 1 aromatic heterocycles. The molecule has 1 unspecified atom stereocenters. The minimum atomic E-state index is 0.329. The van der Waals surface area contributed by atoms with Gasteiger partial charge in [0.15, 0.2) is 0 Å². The second-order valence-electron chi connectivity index (χ2n) is 5.63. The van der Waals surface area contributed by atoms with Crippen molar-refractivity contribution in [3.05, 3.63) is 22.4 Å². The van der Waals surface area contributed by atoms with Crippen LogP contribution in [0.15, 0.2) is 17.5 Å². The van der Waals surface area contributed by atoms with Gasteiger partial charge in [-0.3, -0.25) is 4.90 Å². The van der Waals surface area contributed by atoms with Gasteiger partial charge < -0.3 is 5.32 Å². The van der Waals surface area contributed by atoms with Crippen molar-refractivity contribution in [1.29, 1.82) is 0 Å². The van der Waals surface area contributed by atoms with Crippen molar-refractivity contribution in [2.75, 3.05) is 20.1 Å². The molecule has 1 fully saturated rings. The molecule has 1 saturated heterocycles. The number of thiophene rings is 1. The van der Waals surface area contributed by atoms with Crippen LogP contribution < -0.4 is 5.32 Å². The molecular formula is C16H28N2S. The molecule has 1 atom stereocenters. The molecule has 1 aliphatic heterocycles. The van der Waals surface area contributed by atoms with Crippen molar-refractivity contribution in [1.82, 2.24) is 10.2 Å². The summed E-state index contributed by atoms with van der Waals surface area (Å²) in [5.41, 5.74) is 0.329. The van der Waals surface area contributed by atoms with E-state index in [9.17, 15) is 0 Å². The maximum Gasteiger partial charge on any atom is 0.0360 e. The summed E-state index contributed by atoms with van der Waals surface area (Å²) in [5, 5.41) is 5.82. The quantitative estimate of drug-likeness (QED) is 0.822. The van der Waals surface area contributed by atoms with Gasteiger partial charge in [-0.15, -0.1) is 11.3 Å². The highest BCUT2D eigenvalue weighted by molar-refractivity contribution is 7.09. The zero-order valence-electron chi connectivity index (χ0n) is 12.6. The Balaban J connectivity index is 2.18. The lowest BCUT2D eigenvalue weighted by atomic mass is 9.81. The van der Waals surface area contributed by atoms with Gasteiger partial charge in [-0.25, -0.2) is 0 Å². The molecule has 2 nitrogen and oxygen atoms in total. The maximum absolute atomic E-state index is 3.62. The fourth-order valence-electron chi connectivity index (χ4n) is 3.76. The lowest BCUT2D eigenvalue weighted by molar-refractivity contribution is 0.0653. The first-order valence-electron chi connectivity index (χ1n) is 7.71. The van der Waals surface area contributed by atoms with Gasteiger partial charge in [0, 0.05) is 16.5 Å². The summed E-state index contributed by atoms with van der Waals surface area (Å²) in [6.07, 6.45) is 6.38. The van der Waals surface area contributed by atoms with E-state index < -0.39 is 0 Å². The molecule has 0 amide bonds. The number of likely N-dealkylation sites (N-methyl/N-ethyl adjacent to an activating group) is 1. The highest BCUT2D eigenvalue weighted by Gasteiger charge is 2.41. The van der Waals surface area contributed by atoms with Crippen LogP contribution in [0.5, 0.6) is 0 Å². The van der Waals surface area contributed by atoms with Crippen molar-refractivity contribution in [2.45, 2.75) is 57.5 Å². The molecule has 1 aliphatic rings. The van der Waals surface area contributed by atoms with Crippen molar-refractivity contribution < 1.29 is 0 Å². The summed E-state index contributed by atoms with van der Waals surface area (Å²) in [4.78, 5) is 4.26. The Morgan fingerprint density at radius 3 is 2.47 bits per heavy atom. The van der Waals surface area contributed by atoms with Gasteiger partial charge in [0.2, 0.25) is 0 Å². The van der Waals surface area contributed by atoms with Gasteiger partial charge in [0.1, 0.15) is 0 Å². The van der Waals surface area contributed by atoms with E-state index in [2.05, 4.69) is 48.6 Å². The molecule has 0 saturated carbocycles. The second-order valence-corrected chi connectivity index (χ2v) is 6.66. The van der Waals surface area contributed by atoms with E-state index in [1.165, 1.54) is 43.6 Å². The van der Waals surface area contributed by atoms with E-state index in [4.69, 9.17) is 0 Å². The largest absolute Gasteiger partial charge is 0.315 e. The van der Waals surface area contributed by atoms with Crippen LogP contribution in [-0.4, -0.2) is 36.6 Å². The molecule has 0 aliphatic carbocycles. The molecule has 108 valence electrons. The van der Waals surface area contributed by atoms with Crippen molar-refractivity contribution in [3.8, 4) is 0 Å². The van der Waals surface area contributed by atoms with E-state index in [0.29, 0.717) is 11.6 Å². The molecule has 0 spiro atoms. The summed E-state index contributed by atoms with van der Waals surface area (Å²) >= 11 is 1.89. The Kier molecular flexibility index (Phi) is 5.43. The third-order valence-electron chi connectivity index (χ3n) is 4.94. The van der Waals surface area contributed by atoms with Crippen LogP contribution in [0.1, 0.15) is 44.4 Å². The topological polar surface area (TPSA) is 15.3 Å². The van der Waals surface area contributed by atoms with Gasteiger partial charge in [-0.2, -0.15) is 0 Å². The van der Waals surface area contributed by atoms with Gasteiger partial charge in [-0.05, 0) is 63.7 Å². The lowest BCUT2D eigenvalue weighted by Crippen LogP contribution is -2.60. The van der Waals surface area contributed by atoms with Crippen LogP contribution in [0.2, 0.25) is 0 Å². The molecule has 0 radical (unpaired) electrons. The highest BCUT2D eigenvalue weighted by Crippen LogP contribution is 2.33. The first kappa shape index (κ1) is 15.0. The van der Waals surface area contributed by atoms with Crippen LogP contribution in [0.3, 0.4) is 0 Å². The Labute approximate surface area is 122 Å². The fraction of sp³-hybridized carbons (Fsp3) is 0.750. The van der Waals surface area contributed by atoms with Gasteiger partial charge in [0.25, 0.3) is 0 Å². The third-order valence-corrected chi connectivity index (χ3v) is 5.84. The Hall–Kier alpha value is -0.380. The molecule has 3 heteroatoms. The SMILES string of the molecule is CCC(CC)(C(Cc1cccs1)NC)N1CCCC1. The lowest BCUT2D eigenvalue weighted by Gasteiger charge is -2.47. The van der Waals surface area contributed by atoms with E-state index in [0.717, 1.165) is 6.42 Å². The van der Waals surface area contributed by atoms with Crippen molar-refractivity contribution >= 4 is 11.3 Å². The van der Waals surface area contributed by atoms with Crippen molar-refractivity contribution in [3.63, 3.8) is 0 Å². The highest BCUT2D eigenvalue weighted by atomic mass is 32.1. The van der Waals surface area contributed by atoms with Crippen LogP contribution in [0, 0.1) is 0 Å². The Morgan fingerprint density at radius 2 is 2.00 bits per heavy atom. The molecule has 0 bridgehead atoms. The van der Waals surface area contributed by atoms with E-state index >= 15 is 0 Å². The van der Waals surface area contributed by atoms with Crippen LogP contribution >= 0.6 is 11.3 Å². The summed E-state index contributed by atoms with van der Waals surface area (Å²) in [6.45, 7) is 7.29. The van der Waals surface area contributed by atoms with E-state index in [-0.39, 0.29) is 0 Å². The van der Waals surface area contributed by atoms with E-state index in [1.807, 2.05) is 11.3 Å². The summed E-state index contributed by atoms with van der Waals surface area (Å²) in [7, 11) is 2.13. The first-order valence-corrected chi connectivity index (χ1v) is 8.59. The minimum absolute atomic E-state index is 0.329. The Morgan fingerprint density at radius 1 is 1.32 bits per heavy atom. The molecular weight excluding hydrogens is 252 g/mol. The van der Waals surface area contributed by atoms with Crippen LogP contribution in [0.4, 0.5) is 0 Å². The average molecular weight is 280 g/mol.